The van der Waals surface area contributed by atoms with Gasteiger partial charge in [-0.15, -0.1) is 6.58 Å². The summed E-state index contributed by atoms with van der Waals surface area (Å²) in [5, 5.41) is 8.86. The average Bonchev–Trinajstić information content (AvgIpc) is 2.64. The fourth-order valence-electron chi connectivity index (χ4n) is 2.53. The molecule has 2 aromatic rings. The summed E-state index contributed by atoms with van der Waals surface area (Å²) in [6.07, 6.45) is 2.02. The monoisotopic (exact) mass is 348 g/mol. The number of rotatable bonds is 8. The SMILES string of the molecule is C=CCN(Cc1ccc(C#N)cc1)C(=O)CCOc1ccc(C)c(C)c1. The molecule has 0 fully saturated rings. The summed E-state index contributed by atoms with van der Waals surface area (Å²) in [5.41, 5.74) is 3.97. The van der Waals surface area contributed by atoms with Crippen LogP contribution in [0.2, 0.25) is 0 Å². The second-order valence-electron chi connectivity index (χ2n) is 6.22. The molecule has 0 bridgehead atoms. The largest absolute Gasteiger partial charge is 0.493 e. The van der Waals surface area contributed by atoms with E-state index < -0.39 is 0 Å². The van der Waals surface area contributed by atoms with Gasteiger partial charge >= 0.3 is 0 Å². The molecule has 0 radical (unpaired) electrons. The van der Waals surface area contributed by atoms with Crippen molar-refractivity contribution in [2.75, 3.05) is 13.2 Å². The Balaban J connectivity index is 1.91. The molecule has 0 saturated carbocycles. The molecule has 2 aromatic carbocycles. The Morgan fingerprint density at radius 3 is 2.54 bits per heavy atom. The Labute approximate surface area is 155 Å². The minimum atomic E-state index is 0.0121. The van der Waals surface area contributed by atoms with Gasteiger partial charge < -0.3 is 9.64 Å². The van der Waals surface area contributed by atoms with E-state index in [9.17, 15) is 4.79 Å². The number of nitriles is 1. The number of carbonyl (C=O) groups is 1. The number of ether oxygens (including phenoxy) is 1. The van der Waals surface area contributed by atoms with E-state index in [0.717, 1.165) is 11.3 Å². The van der Waals surface area contributed by atoms with Gasteiger partial charge in [-0.1, -0.05) is 24.3 Å². The van der Waals surface area contributed by atoms with Crippen LogP contribution in [0.3, 0.4) is 0 Å². The molecule has 0 aliphatic heterocycles. The van der Waals surface area contributed by atoms with Crippen molar-refractivity contribution in [3.05, 3.63) is 77.4 Å². The van der Waals surface area contributed by atoms with Crippen LogP contribution in [0.1, 0.15) is 28.7 Å². The average molecular weight is 348 g/mol. The number of hydrogen-bond acceptors (Lipinski definition) is 3. The van der Waals surface area contributed by atoms with Crippen molar-refractivity contribution in [3.8, 4) is 11.8 Å². The summed E-state index contributed by atoms with van der Waals surface area (Å²) < 4.78 is 5.71. The van der Waals surface area contributed by atoms with Gasteiger partial charge in [-0.3, -0.25) is 4.79 Å². The molecule has 0 aliphatic rings. The van der Waals surface area contributed by atoms with Crippen molar-refractivity contribution in [1.82, 2.24) is 4.90 Å². The minimum Gasteiger partial charge on any atom is -0.493 e. The third-order valence-corrected chi connectivity index (χ3v) is 4.22. The van der Waals surface area contributed by atoms with Crippen molar-refractivity contribution in [2.24, 2.45) is 0 Å². The number of nitrogens with zero attached hydrogens (tertiary/aromatic N) is 2. The Hall–Kier alpha value is -3.06. The first-order valence-corrected chi connectivity index (χ1v) is 8.61. The van der Waals surface area contributed by atoms with Crippen molar-refractivity contribution in [2.45, 2.75) is 26.8 Å². The van der Waals surface area contributed by atoms with E-state index in [4.69, 9.17) is 10.00 Å². The van der Waals surface area contributed by atoms with Crippen LogP contribution in [-0.4, -0.2) is 24.0 Å². The Morgan fingerprint density at radius 2 is 1.92 bits per heavy atom. The normalized spacial score (nSPS) is 10.0. The molecule has 26 heavy (non-hydrogen) atoms. The van der Waals surface area contributed by atoms with E-state index in [1.807, 2.05) is 37.3 Å². The molecule has 0 N–H and O–H groups in total. The van der Waals surface area contributed by atoms with Gasteiger partial charge in [-0.25, -0.2) is 0 Å². The van der Waals surface area contributed by atoms with E-state index in [-0.39, 0.29) is 5.91 Å². The molecule has 134 valence electrons. The van der Waals surface area contributed by atoms with Crippen LogP contribution < -0.4 is 4.74 Å². The molecule has 0 spiro atoms. The molecule has 0 atom stereocenters. The van der Waals surface area contributed by atoms with Gasteiger partial charge in [-0.2, -0.15) is 5.26 Å². The Kier molecular flexibility index (Phi) is 6.99. The lowest BCUT2D eigenvalue weighted by Gasteiger charge is -2.21. The lowest BCUT2D eigenvalue weighted by Crippen LogP contribution is -2.31. The maximum absolute atomic E-state index is 12.5. The third-order valence-electron chi connectivity index (χ3n) is 4.22. The molecule has 0 aromatic heterocycles. The number of aryl methyl sites for hydroxylation is 2. The fraction of sp³-hybridized carbons (Fsp3) is 0.273. The zero-order chi connectivity index (χ0) is 18.9. The maximum atomic E-state index is 12.5. The molecule has 1 amide bonds. The molecule has 0 heterocycles. The Bertz CT molecular complexity index is 804. The first kappa shape index (κ1) is 19.3. The van der Waals surface area contributed by atoms with Crippen LogP contribution in [0.15, 0.2) is 55.1 Å². The van der Waals surface area contributed by atoms with Gasteiger partial charge in [0.15, 0.2) is 0 Å². The highest BCUT2D eigenvalue weighted by atomic mass is 16.5. The van der Waals surface area contributed by atoms with Crippen LogP contribution in [0.5, 0.6) is 5.75 Å². The summed E-state index contributed by atoms with van der Waals surface area (Å²) in [6, 6.07) is 15.3. The second-order valence-corrected chi connectivity index (χ2v) is 6.22. The van der Waals surface area contributed by atoms with E-state index in [1.165, 1.54) is 11.1 Å². The van der Waals surface area contributed by atoms with Gasteiger partial charge in [0.05, 0.1) is 24.7 Å². The van der Waals surface area contributed by atoms with Crippen LogP contribution in [-0.2, 0) is 11.3 Å². The van der Waals surface area contributed by atoms with Crippen molar-refractivity contribution in [1.29, 1.82) is 5.26 Å². The predicted molar refractivity (Wildman–Crippen MR) is 103 cm³/mol. The van der Waals surface area contributed by atoms with Crippen molar-refractivity contribution >= 4 is 5.91 Å². The minimum absolute atomic E-state index is 0.0121. The predicted octanol–water partition coefficient (Wildman–Crippen LogP) is 4.16. The van der Waals surface area contributed by atoms with Gasteiger partial charge in [0.2, 0.25) is 5.91 Å². The Morgan fingerprint density at radius 1 is 1.19 bits per heavy atom. The summed E-state index contributed by atoms with van der Waals surface area (Å²) >= 11 is 0. The van der Waals surface area contributed by atoms with Gasteiger partial charge in [0.1, 0.15) is 5.75 Å². The molecule has 0 unspecified atom stereocenters. The first-order valence-electron chi connectivity index (χ1n) is 8.61. The number of benzene rings is 2. The van der Waals surface area contributed by atoms with Gasteiger partial charge in [0.25, 0.3) is 0 Å². The van der Waals surface area contributed by atoms with Crippen LogP contribution in [0.25, 0.3) is 0 Å². The molecule has 0 saturated heterocycles. The molecular formula is C22H24N2O2. The highest BCUT2D eigenvalue weighted by Crippen LogP contribution is 2.17. The standard InChI is InChI=1S/C22H24N2O2/c1-4-12-24(16-20-8-6-19(15-23)7-9-20)22(25)11-13-26-21-10-5-17(2)18(3)14-21/h4-10,14H,1,11-13,16H2,2-3H3. The summed E-state index contributed by atoms with van der Waals surface area (Å²) in [7, 11) is 0. The van der Waals surface area contributed by atoms with Crippen molar-refractivity contribution in [3.63, 3.8) is 0 Å². The lowest BCUT2D eigenvalue weighted by atomic mass is 10.1. The highest BCUT2D eigenvalue weighted by Gasteiger charge is 2.13. The summed E-state index contributed by atoms with van der Waals surface area (Å²) in [6.45, 7) is 9.12. The smallest absolute Gasteiger partial charge is 0.226 e. The van der Waals surface area contributed by atoms with E-state index in [0.29, 0.717) is 31.7 Å². The quantitative estimate of drug-likeness (QED) is 0.673. The van der Waals surface area contributed by atoms with Crippen molar-refractivity contribution < 1.29 is 9.53 Å². The van der Waals surface area contributed by atoms with E-state index >= 15 is 0 Å². The van der Waals surface area contributed by atoms with E-state index in [1.54, 1.807) is 23.1 Å². The van der Waals surface area contributed by atoms with Crippen LogP contribution in [0, 0.1) is 25.2 Å². The third kappa shape index (κ3) is 5.49. The number of carbonyl (C=O) groups excluding carboxylic acids is 1. The molecule has 4 heteroatoms. The molecule has 4 nitrogen and oxygen atoms in total. The molecular weight excluding hydrogens is 324 g/mol. The maximum Gasteiger partial charge on any atom is 0.226 e. The number of amides is 1. The molecule has 2 rings (SSSR count). The zero-order valence-electron chi connectivity index (χ0n) is 15.4. The second kappa shape index (κ2) is 9.43. The summed E-state index contributed by atoms with van der Waals surface area (Å²) in [4.78, 5) is 14.3. The van der Waals surface area contributed by atoms with Gasteiger partial charge in [0, 0.05) is 13.1 Å². The highest BCUT2D eigenvalue weighted by molar-refractivity contribution is 5.76. The first-order chi connectivity index (χ1) is 12.5. The molecule has 0 aliphatic carbocycles. The lowest BCUT2D eigenvalue weighted by molar-refractivity contribution is -0.131. The van der Waals surface area contributed by atoms with Crippen LogP contribution >= 0.6 is 0 Å². The number of hydrogen-bond donors (Lipinski definition) is 0. The zero-order valence-corrected chi connectivity index (χ0v) is 15.4. The van der Waals surface area contributed by atoms with Crippen LogP contribution in [0.4, 0.5) is 0 Å². The van der Waals surface area contributed by atoms with Gasteiger partial charge in [-0.05, 0) is 54.8 Å². The fourth-order valence-corrected chi connectivity index (χ4v) is 2.53. The summed E-state index contributed by atoms with van der Waals surface area (Å²) in [5.74, 6) is 0.793. The topological polar surface area (TPSA) is 53.3 Å². The van der Waals surface area contributed by atoms with E-state index in [2.05, 4.69) is 19.6 Å².